The normalized spacial score (nSPS) is 11.0. The van der Waals surface area contributed by atoms with Crippen LogP contribution in [-0.4, -0.2) is 17.3 Å². The molecule has 4 aromatic rings. The Morgan fingerprint density at radius 3 is 2.63 bits per heavy atom. The van der Waals surface area contributed by atoms with Crippen molar-refractivity contribution in [2.75, 3.05) is 6.61 Å². The average Bonchev–Trinajstić information content (AvgIpc) is 3.04. The molecule has 0 spiro atoms. The first-order valence-corrected chi connectivity index (χ1v) is 8.39. The molecule has 0 unspecified atom stereocenters. The van der Waals surface area contributed by atoms with Crippen LogP contribution in [0.3, 0.4) is 0 Å². The van der Waals surface area contributed by atoms with Gasteiger partial charge in [-0.2, -0.15) is 0 Å². The fraction of sp³-hybridized carbons (Fsp3) is 0.0952. The number of non-ortho nitro benzene ring substituents is 1. The minimum absolute atomic E-state index is 0.0292. The van der Waals surface area contributed by atoms with Crippen molar-refractivity contribution in [1.29, 1.82) is 0 Å². The molecule has 0 aliphatic carbocycles. The van der Waals surface area contributed by atoms with Crippen LogP contribution in [0.4, 0.5) is 5.69 Å². The molecule has 0 aliphatic rings. The predicted octanol–water partition coefficient (Wildman–Crippen LogP) is 4.68. The van der Waals surface area contributed by atoms with E-state index in [1.165, 1.54) is 12.1 Å². The van der Waals surface area contributed by atoms with Crippen molar-refractivity contribution in [3.63, 3.8) is 0 Å². The van der Waals surface area contributed by atoms with Gasteiger partial charge in [0, 0.05) is 29.3 Å². The van der Waals surface area contributed by atoms with E-state index in [2.05, 4.69) is 0 Å². The molecule has 0 saturated heterocycles. The van der Waals surface area contributed by atoms with E-state index in [0.29, 0.717) is 11.3 Å². The number of para-hydroxylation sites is 1. The molecule has 0 bridgehead atoms. The van der Waals surface area contributed by atoms with Gasteiger partial charge in [-0.3, -0.25) is 14.9 Å². The van der Waals surface area contributed by atoms with Gasteiger partial charge >= 0.3 is 0 Å². The number of hydrogen-bond acceptors (Lipinski definition) is 5. The third-order valence-corrected chi connectivity index (χ3v) is 4.27. The van der Waals surface area contributed by atoms with Crippen molar-refractivity contribution in [2.45, 2.75) is 6.42 Å². The van der Waals surface area contributed by atoms with Gasteiger partial charge in [0.15, 0.2) is 5.78 Å². The number of benzene rings is 3. The maximum absolute atomic E-state index is 12.2. The minimum atomic E-state index is -0.477. The zero-order valence-corrected chi connectivity index (χ0v) is 14.3. The van der Waals surface area contributed by atoms with Gasteiger partial charge in [-0.05, 0) is 29.8 Å². The molecular weight excluding hydrogens is 346 g/mol. The number of carbonyl (C=O) groups is 1. The van der Waals surface area contributed by atoms with Gasteiger partial charge in [-0.25, -0.2) is 0 Å². The molecule has 6 nitrogen and oxygen atoms in total. The smallest absolute Gasteiger partial charge is 0.269 e. The number of carbonyl (C=O) groups excluding carboxylic acids is 1. The number of rotatable bonds is 6. The highest BCUT2D eigenvalue weighted by Gasteiger charge is 2.11. The van der Waals surface area contributed by atoms with Crippen molar-refractivity contribution in [3.8, 4) is 5.75 Å². The highest BCUT2D eigenvalue weighted by Crippen LogP contribution is 2.31. The molecule has 134 valence electrons. The lowest BCUT2D eigenvalue weighted by atomic mass is 10.1. The summed E-state index contributed by atoms with van der Waals surface area (Å²) in [6.45, 7) is -0.107. The van der Waals surface area contributed by atoms with Crippen LogP contribution in [-0.2, 0) is 11.2 Å². The molecule has 1 heterocycles. The monoisotopic (exact) mass is 361 g/mol. The Balaban J connectivity index is 1.46. The Bertz CT molecular complexity index is 1160. The molecule has 0 saturated carbocycles. The summed E-state index contributed by atoms with van der Waals surface area (Å²) >= 11 is 0. The lowest BCUT2D eigenvalue weighted by Crippen LogP contribution is -2.13. The van der Waals surface area contributed by atoms with Crippen LogP contribution in [0, 0.1) is 10.1 Å². The molecule has 0 atom stereocenters. The number of nitro benzene ring substituents is 1. The maximum atomic E-state index is 12.2. The lowest BCUT2D eigenvalue weighted by Gasteiger charge is -2.06. The van der Waals surface area contributed by atoms with Gasteiger partial charge < -0.3 is 9.15 Å². The fourth-order valence-corrected chi connectivity index (χ4v) is 3.02. The summed E-state index contributed by atoms with van der Waals surface area (Å²) in [5, 5.41) is 12.7. The number of fused-ring (bicyclic) bond motifs is 3. The van der Waals surface area contributed by atoms with E-state index in [0.717, 1.165) is 21.9 Å². The van der Waals surface area contributed by atoms with Crippen LogP contribution < -0.4 is 4.74 Å². The summed E-state index contributed by atoms with van der Waals surface area (Å²) in [6, 6.07) is 19.2. The molecule has 0 amide bonds. The zero-order chi connectivity index (χ0) is 18.8. The lowest BCUT2D eigenvalue weighted by molar-refractivity contribution is -0.384. The fourth-order valence-electron chi connectivity index (χ4n) is 3.02. The summed E-state index contributed by atoms with van der Waals surface area (Å²) in [7, 11) is 0. The number of ether oxygens (including phenoxy) is 1. The second-order valence-electron chi connectivity index (χ2n) is 6.19. The first kappa shape index (κ1) is 16.8. The molecule has 4 rings (SSSR count). The summed E-state index contributed by atoms with van der Waals surface area (Å²) in [4.78, 5) is 22.5. The van der Waals surface area contributed by atoms with E-state index in [1.54, 1.807) is 18.2 Å². The second kappa shape index (κ2) is 6.92. The Hall–Kier alpha value is -3.67. The summed E-state index contributed by atoms with van der Waals surface area (Å²) in [5.41, 5.74) is 2.12. The van der Waals surface area contributed by atoms with Crippen molar-refractivity contribution < 1.29 is 18.9 Å². The number of ketones is 1. The van der Waals surface area contributed by atoms with E-state index >= 15 is 0 Å². The van der Waals surface area contributed by atoms with E-state index < -0.39 is 4.92 Å². The molecule has 0 aliphatic heterocycles. The van der Waals surface area contributed by atoms with Crippen molar-refractivity contribution >= 4 is 33.4 Å². The number of nitrogens with zero attached hydrogens (tertiary/aromatic N) is 1. The number of nitro groups is 1. The van der Waals surface area contributed by atoms with Gasteiger partial charge in [0.1, 0.15) is 23.5 Å². The molecule has 0 N–H and O–H groups in total. The van der Waals surface area contributed by atoms with Gasteiger partial charge in [0.25, 0.3) is 5.69 Å². The highest BCUT2D eigenvalue weighted by molar-refractivity contribution is 6.05. The molecule has 27 heavy (non-hydrogen) atoms. The topological polar surface area (TPSA) is 82.6 Å². The van der Waals surface area contributed by atoms with Crippen LogP contribution in [0.1, 0.15) is 5.56 Å². The first-order valence-electron chi connectivity index (χ1n) is 8.39. The Morgan fingerprint density at radius 1 is 0.963 bits per heavy atom. The van der Waals surface area contributed by atoms with Crippen LogP contribution in [0.5, 0.6) is 5.75 Å². The summed E-state index contributed by atoms with van der Waals surface area (Å²) in [6.07, 6.45) is 0.0819. The van der Waals surface area contributed by atoms with Gasteiger partial charge in [-0.1, -0.05) is 30.3 Å². The summed E-state index contributed by atoms with van der Waals surface area (Å²) in [5.74, 6) is 0.411. The Kier molecular flexibility index (Phi) is 4.30. The SMILES string of the molecule is O=C(COc1ccc2oc3ccccc3c2c1)Cc1cccc([N+](=O)[O-])c1. The van der Waals surface area contributed by atoms with Gasteiger partial charge in [-0.15, -0.1) is 0 Å². The third-order valence-electron chi connectivity index (χ3n) is 4.27. The van der Waals surface area contributed by atoms with Crippen LogP contribution in [0.25, 0.3) is 21.9 Å². The number of Topliss-reactive ketones (excluding diaryl/α,β-unsaturated/α-hetero) is 1. The largest absolute Gasteiger partial charge is 0.486 e. The Labute approximate surface area is 154 Å². The van der Waals surface area contributed by atoms with Crippen molar-refractivity contribution in [3.05, 3.63) is 82.4 Å². The van der Waals surface area contributed by atoms with Crippen molar-refractivity contribution in [1.82, 2.24) is 0 Å². The third kappa shape index (κ3) is 3.50. The molecular formula is C21H15NO5. The van der Waals surface area contributed by atoms with Crippen LogP contribution in [0.15, 0.2) is 71.1 Å². The molecule has 6 heteroatoms. The zero-order valence-electron chi connectivity index (χ0n) is 14.3. The molecule has 0 fully saturated rings. The molecule has 3 aromatic carbocycles. The van der Waals surface area contributed by atoms with Gasteiger partial charge in [0.2, 0.25) is 0 Å². The van der Waals surface area contributed by atoms with Gasteiger partial charge in [0.05, 0.1) is 4.92 Å². The van der Waals surface area contributed by atoms with Crippen LogP contribution >= 0.6 is 0 Å². The number of furan rings is 1. The highest BCUT2D eigenvalue weighted by atomic mass is 16.6. The second-order valence-corrected chi connectivity index (χ2v) is 6.19. The minimum Gasteiger partial charge on any atom is -0.486 e. The maximum Gasteiger partial charge on any atom is 0.269 e. The summed E-state index contributed by atoms with van der Waals surface area (Å²) < 4.78 is 11.4. The van der Waals surface area contributed by atoms with E-state index in [9.17, 15) is 14.9 Å². The molecule has 0 radical (unpaired) electrons. The Morgan fingerprint density at radius 2 is 1.78 bits per heavy atom. The van der Waals surface area contributed by atoms with E-state index in [-0.39, 0.29) is 24.5 Å². The molecule has 1 aromatic heterocycles. The quantitative estimate of drug-likeness (QED) is 0.368. The van der Waals surface area contributed by atoms with Crippen molar-refractivity contribution in [2.24, 2.45) is 0 Å². The van der Waals surface area contributed by atoms with E-state index in [4.69, 9.17) is 9.15 Å². The predicted molar refractivity (Wildman–Crippen MR) is 101 cm³/mol. The first-order chi connectivity index (χ1) is 13.1. The van der Waals surface area contributed by atoms with Crippen LogP contribution in [0.2, 0.25) is 0 Å². The van der Waals surface area contributed by atoms with E-state index in [1.807, 2.05) is 36.4 Å². The number of hydrogen-bond donors (Lipinski definition) is 0. The standard InChI is InChI=1S/C21H15NO5/c23-16(11-14-4-3-5-15(10-14)22(24)25)13-26-17-8-9-21-19(12-17)18-6-1-2-7-20(18)27-21/h1-10,12H,11,13H2. The average molecular weight is 361 g/mol.